The molecule has 0 bridgehead atoms. The molecule has 4 heterocycles. The summed E-state index contributed by atoms with van der Waals surface area (Å²) in [5, 5.41) is 9.55. The molecule has 0 saturated carbocycles. The molecule has 13 heteroatoms. The number of amides is 1. The van der Waals surface area contributed by atoms with E-state index in [9.17, 15) is 18.3 Å². The Bertz CT molecular complexity index is 1500. The third-order valence-electron chi connectivity index (χ3n) is 5.67. The van der Waals surface area contributed by atoms with Gasteiger partial charge in [-0.1, -0.05) is 11.6 Å². The number of nitrogens with zero attached hydrogens (tertiary/aromatic N) is 6. The molecule has 0 spiro atoms. The van der Waals surface area contributed by atoms with Crippen molar-refractivity contribution in [1.29, 1.82) is 0 Å². The zero-order chi connectivity index (χ0) is 24.6. The standard InChI is InChI=1S/C22H20ClN7O4S/c23-16-1-2-18-19(10-16)28-22(27-18)35(33,34)30-7-5-29(6-8-30)21(32)15-11-25-20(26-12-15)14-3-4-24-17(9-14)13-31/h1-4,9-12,31H,5-8,13H2,(H,27,28). The molecule has 0 atom stereocenters. The Kier molecular flexibility index (Phi) is 6.19. The fourth-order valence-corrected chi connectivity index (χ4v) is 5.31. The van der Waals surface area contributed by atoms with E-state index in [1.807, 2.05) is 0 Å². The number of aromatic nitrogens is 5. The number of sulfonamides is 1. The maximum atomic E-state index is 13.1. The first kappa shape index (κ1) is 23.3. The number of aliphatic hydroxyl groups excluding tert-OH is 1. The molecule has 1 aromatic carbocycles. The minimum absolute atomic E-state index is 0.131. The molecule has 11 nitrogen and oxygen atoms in total. The first-order chi connectivity index (χ1) is 16.8. The van der Waals surface area contributed by atoms with Crippen molar-refractivity contribution in [2.45, 2.75) is 11.8 Å². The monoisotopic (exact) mass is 513 g/mol. The second-order valence-corrected chi connectivity index (χ2v) is 10.2. The largest absolute Gasteiger partial charge is 0.390 e. The number of hydrogen-bond acceptors (Lipinski definition) is 8. The number of benzene rings is 1. The summed E-state index contributed by atoms with van der Waals surface area (Å²) in [5.41, 5.74) is 2.51. The van der Waals surface area contributed by atoms with Gasteiger partial charge >= 0.3 is 0 Å². The molecular formula is C22H20ClN7O4S. The lowest BCUT2D eigenvalue weighted by molar-refractivity contribution is 0.0697. The zero-order valence-corrected chi connectivity index (χ0v) is 19.9. The first-order valence-electron chi connectivity index (χ1n) is 10.7. The van der Waals surface area contributed by atoms with Gasteiger partial charge in [-0.05, 0) is 30.3 Å². The third-order valence-corrected chi connectivity index (χ3v) is 7.63. The Morgan fingerprint density at radius 1 is 1.06 bits per heavy atom. The molecule has 180 valence electrons. The number of hydrogen-bond donors (Lipinski definition) is 2. The summed E-state index contributed by atoms with van der Waals surface area (Å²) in [6.45, 7) is 0.501. The second kappa shape index (κ2) is 9.30. The fourth-order valence-electron chi connectivity index (χ4n) is 3.81. The van der Waals surface area contributed by atoms with Crippen molar-refractivity contribution in [3.05, 3.63) is 65.2 Å². The highest BCUT2D eigenvalue weighted by Gasteiger charge is 2.32. The van der Waals surface area contributed by atoms with E-state index in [0.29, 0.717) is 38.7 Å². The van der Waals surface area contributed by atoms with E-state index in [1.165, 1.54) is 16.7 Å². The van der Waals surface area contributed by atoms with Crippen molar-refractivity contribution in [2.75, 3.05) is 26.2 Å². The molecule has 1 fully saturated rings. The molecule has 0 radical (unpaired) electrons. The van der Waals surface area contributed by atoms with E-state index in [0.717, 1.165) is 0 Å². The molecule has 2 N–H and O–H groups in total. The summed E-state index contributed by atoms with van der Waals surface area (Å²) in [5.74, 6) is 0.124. The van der Waals surface area contributed by atoms with E-state index in [-0.39, 0.29) is 43.8 Å². The molecule has 1 amide bonds. The predicted molar refractivity (Wildman–Crippen MR) is 127 cm³/mol. The summed E-state index contributed by atoms with van der Waals surface area (Å²) in [6, 6.07) is 8.31. The van der Waals surface area contributed by atoms with Crippen molar-refractivity contribution in [1.82, 2.24) is 34.1 Å². The van der Waals surface area contributed by atoms with Gasteiger partial charge in [0.25, 0.3) is 15.9 Å². The second-order valence-electron chi connectivity index (χ2n) is 7.89. The average Bonchev–Trinajstić information content (AvgIpc) is 3.33. The van der Waals surface area contributed by atoms with Crippen LogP contribution in [0.2, 0.25) is 5.02 Å². The Balaban J connectivity index is 1.26. The van der Waals surface area contributed by atoms with Crippen molar-refractivity contribution < 1.29 is 18.3 Å². The molecule has 1 aliphatic heterocycles. The van der Waals surface area contributed by atoms with E-state index >= 15 is 0 Å². The summed E-state index contributed by atoms with van der Waals surface area (Å²) in [7, 11) is -3.85. The topological polar surface area (TPSA) is 145 Å². The van der Waals surface area contributed by atoms with Gasteiger partial charge in [0.2, 0.25) is 5.16 Å². The van der Waals surface area contributed by atoms with Gasteiger partial charge in [0.05, 0.1) is 28.9 Å². The highest BCUT2D eigenvalue weighted by atomic mass is 35.5. The van der Waals surface area contributed by atoms with Crippen LogP contribution in [-0.4, -0.2) is 79.7 Å². The number of aliphatic hydroxyl groups is 1. The van der Waals surface area contributed by atoms with Gasteiger partial charge in [-0.3, -0.25) is 9.78 Å². The van der Waals surface area contributed by atoms with Crippen molar-refractivity contribution in [3.63, 3.8) is 0 Å². The van der Waals surface area contributed by atoms with Crippen molar-refractivity contribution >= 4 is 38.6 Å². The number of aromatic amines is 1. The van der Waals surface area contributed by atoms with Crippen LogP contribution in [0.15, 0.2) is 54.1 Å². The molecule has 0 aliphatic carbocycles. The number of nitrogens with one attached hydrogen (secondary N) is 1. The molecule has 4 aromatic rings. The molecule has 5 rings (SSSR count). The van der Waals surface area contributed by atoms with Crippen LogP contribution < -0.4 is 0 Å². The van der Waals surface area contributed by atoms with Gasteiger partial charge < -0.3 is 15.0 Å². The first-order valence-corrected chi connectivity index (χ1v) is 12.5. The molecule has 1 aliphatic rings. The Morgan fingerprint density at radius 3 is 2.51 bits per heavy atom. The molecule has 35 heavy (non-hydrogen) atoms. The van der Waals surface area contributed by atoms with Crippen LogP contribution in [0.3, 0.4) is 0 Å². The van der Waals surface area contributed by atoms with Crippen molar-refractivity contribution in [2.24, 2.45) is 0 Å². The van der Waals surface area contributed by atoms with Gasteiger partial charge in [-0.2, -0.15) is 4.31 Å². The fraction of sp³-hybridized carbons (Fsp3) is 0.227. The number of carbonyl (C=O) groups is 1. The normalized spacial score (nSPS) is 15.0. The molecule has 3 aromatic heterocycles. The van der Waals surface area contributed by atoms with E-state index in [1.54, 1.807) is 41.4 Å². The molecule has 0 unspecified atom stereocenters. The summed E-state index contributed by atoms with van der Waals surface area (Å²) in [4.78, 5) is 34.1. The maximum Gasteiger partial charge on any atom is 0.276 e. The Morgan fingerprint density at radius 2 is 1.80 bits per heavy atom. The molecular weight excluding hydrogens is 494 g/mol. The Hall–Kier alpha value is -3.45. The van der Waals surface area contributed by atoms with E-state index < -0.39 is 10.0 Å². The van der Waals surface area contributed by atoms with Crippen molar-refractivity contribution in [3.8, 4) is 11.4 Å². The van der Waals surface area contributed by atoms with Gasteiger partial charge in [0.15, 0.2) is 5.82 Å². The number of halogens is 1. The quantitative estimate of drug-likeness (QED) is 0.410. The third kappa shape index (κ3) is 4.60. The van der Waals surface area contributed by atoms with Crippen LogP contribution in [0.1, 0.15) is 16.1 Å². The smallest absolute Gasteiger partial charge is 0.276 e. The number of piperazine rings is 1. The highest BCUT2D eigenvalue weighted by Crippen LogP contribution is 2.22. The van der Waals surface area contributed by atoms with Crippen LogP contribution in [0.5, 0.6) is 0 Å². The summed E-state index contributed by atoms with van der Waals surface area (Å²) in [6.07, 6.45) is 4.43. The number of carbonyl (C=O) groups excluding carboxylic acids is 1. The van der Waals surface area contributed by atoms with E-state index in [2.05, 4.69) is 24.9 Å². The van der Waals surface area contributed by atoms with Gasteiger partial charge in [0, 0.05) is 55.4 Å². The lowest BCUT2D eigenvalue weighted by Gasteiger charge is -2.33. The van der Waals surface area contributed by atoms with Crippen LogP contribution in [0.25, 0.3) is 22.4 Å². The van der Waals surface area contributed by atoms with Crippen LogP contribution >= 0.6 is 11.6 Å². The van der Waals surface area contributed by atoms with Gasteiger partial charge in [-0.25, -0.2) is 23.4 Å². The Labute approximate surface area is 205 Å². The number of imidazole rings is 1. The number of pyridine rings is 1. The maximum absolute atomic E-state index is 13.1. The SMILES string of the molecule is O=C(c1cnc(-c2ccnc(CO)c2)nc1)N1CCN(S(=O)(=O)c2nc3cc(Cl)ccc3[nH]2)CC1. The van der Waals surface area contributed by atoms with Crippen LogP contribution in [0.4, 0.5) is 0 Å². The number of fused-ring (bicyclic) bond motifs is 1. The number of rotatable bonds is 5. The minimum Gasteiger partial charge on any atom is -0.390 e. The predicted octanol–water partition coefficient (Wildman–Crippen LogP) is 1.71. The lowest BCUT2D eigenvalue weighted by atomic mass is 10.2. The highest BCUT2D eigenvalue weighted by molar-refractivity contribution is 7.89. The minimum atomic E-state index is -3.85. The van der Waals surface area contributed by atoms with E-state index in [4.69, 9.17) is 11.6 Å². The lowest BCUT2D eigenvalue weighted by Crippen LogP contribution is -2.50. The summed E-state index contributed by atoms with van der Waals surface area (Å²) < 4.78 is 27.4. The summed E-state index contributed by atoms with van der Waals surface area (Å²) >= 11 is 5.97. The van der Waals surface area contributed by atoms with Crippen LogP contribution in [0, 0.1) is 0 Å². The average molecular weight is 514 g/mol. The molecule has 1 saturated heterocycles. The number of H-pyrrole nitrogens is 1. The van der Waals surface area contributed by atoms with Gasteiger partial charge in [0.1, 0.15) is 0 Å². The van der Waals surface area contributed by atoms with Crippen LogP contribution in [-0.2, 0) is 16.6 Å². The zero-order valence-electron chi connectivity index (χ0n) is 18.3. The van der Waals surface area contributed by atoms with Gasteiger partial charge in [-0.15, -0.1) is 0 Å².